The molecule has 2 heterocycles. The number of amides is 2. The van der Waals surface area contributed by atoms with Crippen molar-refractivity contribution >= 4 is 23.5 Å². The van der Waals surface area contributed by atoms with Gasteiger partial charge in [-0.05, 0) is 23.8 Å². The third kappa shape index (κ3) is 4.20. The first-order valence-corrected chi connectivity index (χ1v) is 7.90. The lowest BCUT2D eigenvalue weighted by Crippen LogP contribution is -2.42. The van der Waals surface area contributed by atoms with Gasteiger partial charge in [-0.2, -0.15) is 0 Å². The van der Waals surface area contributed by atoms with Gasteiger partial charge in [0.1, 0.15) is 0 Å². The molecular formula is C18H17N3O4. The smallest absolute Gasteiger partial charge is 0.339 e. The molecule has 1 aliphatic heterocycles. The molecule has 2 amide bonds. The monoisotopic (exact) mass is 339 g/mol. The maximum absolute atomic E-state index is 12.2. The zero-order chi connectivity index (χ0) is 17.6. The largest absolute Gasteiger partial charge is 0.448 e. The summed E-state index contributed by atoms with van der Waals surface area (Å²) in [4.78, 5) is 39.8. The number of ether oxygens (including phenoxy) is 1. The van der Waals surface area contributed by atoms with Crippen molar-refractivity contribution in [3.8, 4) is 0 Å². The van der Waals surface area contributed by atoms with Crippen LogP contribution >= 0.6 is 0 Å². The highest BCUT2D eigenvalue weighted by molar-refractivity contribution is 5.96. The van der Waals surface area contributed by atoms with E-state index in [1.165, 1.54) is 0 Å². The first kappa shape index (κ1) is 16.6. The molecule has 0 radical (unpaired) electrons. The molecule has 0 bridgehead atoms. The van der Waals surface area contributed by atoms with Crippen LogP contribution in [-0.2, 0) is 20.7 Å². The molecule has 0 unspecified atom stereocenters. The van der Waals surface area contributed by atoms with Crippen LogP contribution in [0.3, 0.4) is 0 Å². The van der Waals surface area contributed by atoms with E-state index in [1.807, 2.05) is 6.07 Å². The molecule has 0 saturated carbocycles. The minimum atomic E-state index is -0.870. The Hall–Kier alpha value is -3.22. The van der Waals surface area contributed by atoms with Crippen molar-refractivity contribution in [1.82, 2.24) is 10.3 Å². The Labute approximate surface area is 144 Å². The number of carbonyl (C=O) groups is 3. The van der Waals surface area contributed by atoms with Crippen LogP contribution in [0.5, 0.6) is 0 Å². The van der Waals surface area contributed by atoms with Crippen molar-refractivity contribution < 1.29 is 19.1 Å². The topological polar surface area (TPSA) is 97.4 Å². The van der Waals surface area contributed by atoms with E-state index < -0.39 is 18.0 Å². The summed E-state index contributed by atoms with van der Waals surface area (Å²) in [5, 5.41) is 5.33. The third-order valence-corrected chi connectivity index (χ3v) is 3.80. The molecule has 1 aliphatic rings. The Bertz CT molecular complexity index is 792. The number of esters is 1. The number of anilines is 1. The highest BCUT2D eigenvalue weighted by atomic mass is 16.5. The minimum absolute atomic E-state index is 0.116. The van der Waals surface area contributed by atoms with Gasteiger partial charge in [0.2, 0.25) is 5.91 Å². The molecule has 0 fully saturated rings. The van der Waals surface area contributed by atoms with E-state index in [0.717, 1.165) is 5.56 Å². The van der Waals surface area contributed by atoms with Crippen LogP contribution in [0.1, 0.15) is 22.3 Å². The van der Waals surface area contributed by atoms with Crippen molar-refractivity contribution in [2.75, 3.05) is 11.9 Å². The second-order valence-electron chi connectivity index (χ2n) is 5.58. The van der Waals surface area contributed by atoms with Gasteiger partial charge in [-0.1, -0.05) is 18.2 Å². The molecule has 0 spiro atoms. The lowest BCUT2D eigenvalue weighted by atomic mass is 9.98. The highest BCUT2D eigenvalue weighted by Crippen LogP contribution is 2.20. The number of cyclic esters (lactones) is 1. The fraction of sp³-hybridized carbons (Fsp3) is 0.222. The van der Waals surface area contributed by atoms with Crippen molar-refractivity contribution in [3.05, 3.63) is 59.9 Å². The Morgan fingerprint density at radius 3 is 2.72 bits per heavy atom. The van der Waals surface area contributed by atoms with E-state index in [-0.39, 0.29) is 18.9 Å². The van der Waals surface area contributed by atoms with Gasteiger partial charge in [0, 0.05) is 37.5 Å². The van der Waals surface area contributed by atoms with Crippen molar-refractivity contribution in [1.29, 1.82) is 0 Å². The van der Waals surface area contributed by atoms with Gasteiger partial charge in [0.05, 0.1) is 5.56 Å². The molecule has 1 atom stereocenters. The standard InChI is InChI=1S/C18H17N3O4/c22-16(21-13-5-8-19-9-6-13)7-10-20-17(23)15-11-12-3-1-2-4-14(12)18(24)25-15/h1-6,8-9,15H,7,10-11H2,(H,20,23)(H,19,21,22)/t15-/m0/s1. The Morgan fingerprint density at radius 2 is 1.92 bits per heavy atom. The van der Waals surface area contributed by atoms with Crippen molar-refractivity contribution in [3.63, 3.8) is 0 Å². The Kier molecular flexibility index (Phi) is 5.03. The number of nitrogens with zero attached hydrogens (tertiary/aromatic N) is 1. The van der Waals surface area contributed by atoms with Crippen LogP contribution < -0.4 is 10.6 Å². The quantitative estimate of drug-likeness (QED) is 0.801. The molecule has 1 aromatic carbocycles. The lowest BCUT2D eigenvalue weighted by molar-refractivity contribution is -0.130. The summed E-state index contributed by atoms with van der Waals surface area (Å²) in [7, 11) is 0. The Balaban J connectivity index is 1.47. The molecule has 2 aromatic rings. The minimum Gasteiger partial charge on any atom is -0.448 e. The van der Waals surface area contributed by atoms with Gasteiger partial charge >= 0.3 is 5.97 Å². The average Bonchev–Trinajstić information content (AvgIpc) is 2.62. The van der Waals surface area contributed by atoms with Gasteiger partial charge in [-0.3, -0.25) is 14.6 Å². The van der Waals surface area contributed by atoms with Crippen LogP contribution in [0.15, 0.2) is 48.8 Å². The molecule has 0 saturated heterocycles. The van der Waals surface area contributed by atoms with Crippen molar-refractivity contribution in [2.45, 2.75) is 18.9 Å². The first-order valence-electron chi connectivity index (χ1n) is 7.90. The van der Waals surface area contributed by atoms with Gasteiger partial charge in [0.15, 0.2) is 6.10 Å². The average molecular weight is 339 g/mol. The fourth-order valence-electron chi connectivity index (χ4n) is 2.55. The fourth-order valence-corrected chi connectivity index (χ4v) is 2.55. The van der Waals surface area contributed by atoms with Gasteiger partial charge in [0.25, 0.3) is 5.91 Å². The maximum Gasteiger partial charge on any atom is 0.339 e. The molecule has 25 heavy (non-hydrogen) atoms. The number of carbonyl (C=O) groups excluding carboxylic acids is 3. The summed E-state index contributed by atoms with van der Waals surface area (Å²) in [6, 6.07) is 10.4. The van der Waals surface area contributed by atoms with Gasteiger partial charge in [-0.25, -0.2) is 4.79 Å². The Morgan fingerprint density at radius 1 is 1.16 bits per heavy atom. The van der Waals surface area contributed by atoms with E-state index in [2.05, 4.69) is 15.6 Å². The second-order valence-corrected chi connectivity index (χ2v) is 5.58. The van der Waals surface area contributed by atoms with Crippen LogP contribution in [-0.4, -0.2) is 35.4 Å². The third-order valence-electron chi connectivity index (χ3n) is 3.80. The predicted octanol–water partition coefficient (Wildman–Crippen LogP) is 1.31. The number of fused-ring (bicyclic) bond motifs is 1. The molecule has 0 aliphatic carbocycles. The summed E-state index contributed by atoms with van der Waals surface area (Å²) in [5.41, 5.74) is 1.92. The van der Waals surface area contributed by atoms with Crippen LogP contribution in [0.25, 0.3) is 0 Å². The van der Waals surface area contributed by atoms with E-state index >= 15 is 0 Å². The van der Waals surface area contributed by atoms with E-state index in [1.54, 1.807) is 42.7 Å². The highest BCUT2D eigenvalue weighted by Gasteiger charge is 2.30. The zero-order valence-electron chi connectivity index (χ0n) is 13.4. The maximum atomic E-state index is 12.2. The summed E-state index contributed by atoms with van der Waals surface area (Å²) in [6.45, 7) is 0.158. The number of rotatable bonds is 5. The predicted molar refractivity (Wildman–Crippen MR) is 89.8 cm³/mol. The summed E-state index contributed by atoms with van der Waals surface area (Å²) < 4.78 is 5.17. The van der Waals surface area contributed by atoms with Crippen LogP contribution in [0, 0.1) is 0 Å². The molecule has 128 valence electrons. The van der Waals surface area contributed by atoms with E-state index in [0.29, 0.717) is 17.7 Å². The molecule has 3 rings (SSSR count). The lowest BCUT2D eigenvalue weighted by Gasteiger charge is -2.23. The molecule has 2 N–H and O–H groups in total. The van der Waals surface area contributed by atoms with Gasteiger partial charge < -0.3 is 15.4 Å². The van der Waals surface area contributed by atoms with Crippen LogP contribution in [0.2, 0.25) is 0 Å². The normalized spacial score (nSPS) is 15.7. The van der Waals surface area contributed by atoms with Crippen molar-refractivity contribution in [2.24, 2.45) is 0 Å². The summed E-state index contributed by atoms with van der Waals surface area (Å²) in [5.74, 6) is -1.13. The molecular weight excluding hydrogens is 322 g/mol. The number of benzene rings is 1. The number of hydrogen-bond acceptors (Lipinski definition) is 5. The summed E-state index contributed by atoms with van der Waals surface area (Å²) >= 11 is 0. The zero-order valence-corrected chi connectivity index (χ0v) is 13.4. The number of aromatic nitrogens is 1. The van der Waals surface area contributed by atoms with Crippen LogP contribution in [0.4, 0.5) is 5.69 Å². The van der Waals surface area contributed by atoms with E-state index in [9.17, 15) is 14.4 Å². The van der Waals surface area contributed by atoms with Gasteiger partial charge in [-0.15, -0.1) is 0 Å². The number of pyridine rings is 1. The molecule has 7 nitrogen and oxygen atoms in total. The SMILES string of the molecule is O=C(CCNC(=O)[C@@H]1Cc2ccccc2C(=O)O1)Nc1ccncc1. The molecule has 1 aromatic heterocycles. The second kappa shape index (κ2) is 7.57. The molecule has 7 heteroatoms. The summed E-state index contributed by atoms with van der Waals surface area (Å²) in [6.07, 6.45) is 2.73. The van der Waals surface area contributed by atoms with E-state index in [4.69, 9.17) is 4.74 Å². The number of nitrogens with one attached hydrogen (secondary N) is 2. The first-order chi connectivity index (χ1) is 12.1. The number of hydrogen-bond donors (Lipinski definition) is 2.